The number of nitrogens with zero attached hydrogens (tertiary/aromatic N) is 5. The summed E-state index contributed by atoms with van der Waals surface area (Å²) >= 11 is 5.87. The van der Waals surface area contributed by atoms with E-state index in [0.717, 1.165) is 5.39 Å². The molecule has 4 rings (SSSR count). The number of pyridine rings is 1. The highest BCUT2D eigenvalue weighted by Crippen LogP contribution is 2.23. The van der Waals surface area contributed by atoms with Gasteiger partial charge in [-0.25, -0.2) is 19.0 Å². The van der Waals surface area contributed by atoms with E-state index < -0.39 is 6.17 Å². The van der Waals surface area contributed by atoms with Crippen LogP contribution in [0, 0.1) is 11.9 Å². The van der Waals surface area contributed by atoms with Gasteiger partial charge in [0.05, 0.1) is 11.9 Å². The van der Waals surface area contributed by atoms with Gasteiger partial charge in [-0.1, -0.05) is 18.2 Å². The van der Waals surface area contributed by atoms with Crippen molar-refractivity contribution < 1.29 is 4.39 Å². The van der Waals surface area contributed by atoms with Crippen LogP contribution in [0.1, 0.15) is 17.7 Å². The molecule has 3 heterocycles. The van der Waals surface area contributed by atoms with E-state index in [1.54, 1.807) is 29.1 Å². The van der Waals surface area contributed by atoms with Crippen molar-refractivity contribution in [1.82, 2.24) is 19.7 Å². The van der Waals surface area contributed by atoms with Gasteiger partial charge in [0.15, 0.2) is 11.5 Å². The highest BCUT2D eigenvalue weighted by atomic mass is 35.5. The molecule has 0 spiro atoms. The topological polar surface area (TPSA) is 98.3 Å². The van der Waals surface area contributed by atoms with Crippen molar-refractivity contribution in [3.8, 4) is 0 Å². The van der Waals surface area contributed by atoms with Gasteiger partial charge in [-0.05, 0) is 24.6 Å². The van der Waals surface area contributed by atoms with E-state index in [4.69, 9.17) is 28.2 Å². The molecule has 0 aliphatic carbocycles. The first-order chi connectivity index (χ1) is 14.1. The van der Waals surface area contributed by atoms with Crippen molar-refractivity contribution >= 4 is 28.5 Å². The van der Waals surface area contributed by atoms with E-state index in [0.29, 0.717) is 41.6 Å². The van der Waals surface area contributed by atoms with Crippen LogP contribution in [-0.4, -0.2) is 44.1 Å². The van der Waals surface area contributed by atoms with Gasteiger partial charge >= 0.3 is 0 Å². The molecular formula is C20H20ClFN7. The van der Waals surface area contributed by atoms with Gasteiger partial charge in [0.1, 0.15) is 23.5 Å². The van der Waals surface area contributed by atoms with Crippen LogP contribution in [0.5, 0.6) is 0 Å². The molecule has 1 aliphatic rings. The van der Waals surface area contributed by atoms with Crippen LogP contribution in [0.25, 0.3) is 11.0 Å². The molecule has 1 radical (unpaired) electrons. The van der Waals surface area contributed by atoms with Crippen LogP contribution in [-0.2, 0) is 6.54 Å². The van der Waals surface area contributed by atoms with Crippen LogP contribution in [0.4, 0.5) is 4.39 Å². The predicted octanol–water partition coefficient (Wildman–Crippen LogP) is 2.20. The highest BCUT2D eigenvalue weighted by Gasteiger charge is 2.27. The highest BCUT2D eigenvalue weighted by molar-refractivity contribution is 6.17. The Morgan fingerprint density at radius 1 is 1.21 bits per heavy atom. The summed E-state index contributed by atoms with van der Waals surface area (Å²) in [5.41, 5.74) is 13.9. The molecule has 149 valence electrons. The number of nitrogens with two attached hydrogens (primary N) is 2. The van der Waals surface area contributed by atoms with Gasteiger partial charge in [-0.2, -0.15) is 5.10 Å². The Labute approximate surface area is 172 Å². The summed E-state index contributed by atoms with van der Waals surface area (Å²) in [7, 11) is 0. The minimum Gasteiger partial charge on any atom is -0.383 e. The lowest BCUT2D eigenvalue weighted by molar-refractivity contribution is 0.349. The second kappa shape index (κ2) is 8.18. The average Bonchev–Trinajstić information content (AvgIpc) is 3.07. The largest absolute Gasteiger partial charge is 0.383 e. The summed E-state index contributed by atoms with van der Waals surface area (Å²) in [5, 5.41) is 5.48. The van der Waals surface area contributed by atoms with E-state index in [1.807, 2.05) is 17.0 Å². The van der Waals surface area contributed by atoms with Crippen molar-refractivity contribution in [3.05, 3.63) is 71.6 Å². The van der Waals surface area contributed by atoms with Crippen molar-refractivity contribution in [2.45, 2.75) is 19.1 Å². The number of alkyl halides is 1. The van der Waals surface area contributed by atoms with Gasteiger partial charge < -0.3 is 16.4 Å². The lowest BCUT2D eigenvalue weighted by Gasteiger charge is -2.31. The first kappa shape index (κ1) is 19.4. The zero-order chi connectivity index (χ0) is 20.4. The Bertz CT molecular complexity index is 1090. The van der Waals surface area contributed by atoms with Gasteiger partial charge in [0, 0.05) is 30.3 Å². The maximum atomic E-state index is 14.2. The number of rotatable bonds is 6. The summed E-state index contributed by atoms with van der Waals surface area (Å²) in [5.74, 6) is 0.926. The monoisotopic (exact) mass is 412 g/mol. The van der Waals surface area contributed by atoms with Crippen LogP contribution in [0.2, 0.25) is 0 Å². The average molecular weight is 413 g/mol. The fourth-order valence-corrected chi connectivity index (χ4v) is 3.43. The number of aliphatic imine (C=N–C) groups is 1. The lowest BCUT2D eigenvalue weighted by atomic mass is 10.2. The molecule has 29 heavy (non-hydrogen) atoms. The number of fused-ring (bicyclic) bond motifs is 1. The Hall–Kier alpha value is -2.97. The van der Waals surface area contributed by atoms with E-state index in [9.17, 15) is 4.39 Å². The molecule has 1 aliphatic heterocycles. The molecule has 0 amide bonds. The maximum Gasteiger partial charge on any atom is 0.161 e. The van der Waals surface area contributed by atoms with Crippen LogP contribution < -0.4 is 11.5 Å². The summed E-state index contributed by atoms with van der Waals surface area (Å²) < 4.78 is 15.9. The van der Waals surface area contributed by atoms with E-state index in [1.165, 1.54) is 6.07 Å². The quantitative estimate of drug-likeness (QED) is 0.605. The van der Waals surface area contributed by atoms with Gasteiger partial charge in [0.25, 0.3) is 0 Å². The fraction of sp³-hybridized carbons (Fsp3) is 0.250. The predicted molar refractivity (Wildman–Crippen MR) is 111 cm³/mol. The third-order valence-corrected chi connectivity index (χ3v) is 4.93. The normalized spacial score (nSPS) is 16.8. The fourth-order valence-electron chi connectivity index (χ4n) is 3.31. The molecule has 0 saturated heterocycles. The third kappa shape index (κ3) is 3.81. The van der Waals surface area contributed by atoms with Gasteiger partial charge in [0.2, 0.25) is 0 Å². The Morgan fingerprint density at radius 2 is 2.03 bits per heavy atom. The zero-order valence-electron chi connectivity index (χ0n) is 15.6. The summed E-state index contributed by atoms with van der Waals surface area (Å²) in [6.45, 7) is 0.810. The molecular weight excluding hydrogens is 393 g/mol. The number of amidine groups is 1. The van der Waals surface area contributed by atoms with Crippen molar-refractivity contribution in [2.75, 3.05) is 12.4 Å². The number of hydrogen-bond acceptors (Lipinski definition) is 6. The molecule has 2 aromatic heterocycles. The standard InChI is InChI=1S/C20H20ClFN7/c21-8-4-10-28-17(24)11-16(23)26-20(28)18-14-6-3-9-25-19(14)29(27-18)12-13-5-1-2-7-15(13)22/h1-3,5-7,9,17H,4,8,10,12,23-24H2. The lowest BCUT2D eigenvalue weighted by Crippen LogP contribution is -2.48. The molecule has 9 heteroatoms. The molecule has 1 atom stereocenters. The number of halogens is 2. The summed E-state index contributed by atoms with van der Waals surface area (Å²) in [4.78, 5) is 10.8. The van der Waals surface area contributed by atoms with Crippen LogP contribution >= 0.6 is 11.6 Å². The Morgan fingerprint density at radius 3 is 2.83 bits per heavy atom. The molecule has 1 aromatic carbocycles. The molecule has 7 nitrogen and oxygen atoms in total. The van der Waals surface area contributed by atoms with E-state index >= 15 is 0 Å². The van der Waals surface area contributed by atoms with Gasteiger partial charge in [-0.3, -0.25) is 0 Å². The first-order valence-corrected chi connectivity index (χ1v) is 9.73. The van der Waals surface area contributed by atoms with E-state index in [2.05, 4.69) is 16.1 Å². The second-order valence-corrected chi connectivity index (χ2v) is 7.00. The van der Waals surface area contributed by atoms with Crippen LogP contribution in [0.15, 0.2) is 53.4 Å². The SMILES string of the molecule is NC1=[C]C(N)N(CCCCl)C(c2nn(Cc3ccccc3F)c3ncccc23)=N1. The zero-order valence-corrected chi connectivity index (χ0v) is 16.3. The van der Waals surface area contributed by atoms with Crippen LogP contribution in [0.3, 0.4) is 0 Å². The minimum absolute atomic E-state index is 0.204. The smallest absolute Gasteiger partial charge is 0.161 e. The second-order valence-electron chi connectivity index (χ2n) is 6.62. The van der Waals surface area contributed by atoms with Gasteiger partial charge in [-0.15, -0.1) is 11.6 Å². The Balaban J connectivity index is 1.81. The number of hydrogen-bond donors (Lipinski definition) is 2. The molecule has 0 bridgehead atoms. The maximum absolute atomic E-state index is 14.2. The number of benzene rings is 1. The third-order valence-electron chi connectivity index (χ3n) is 4.66. The molecule has 1 unspecified atom stereocenters. The number of aromatic nitrogens is 3. The Kier molecular flexibility index (Phi) is 5.46. The summed E-state index contributed by atoms with van der Waals surface area (Å²) in [6, 6.07) is 10.3. The molecule has 0 fully saturated rings. The van der Waals surface area contributed by atoms with Crippen molar-refractivity contribution in [1.29, 1.82) is 0 Å². The minimum atomic E-state index is -0.561. The molecule has 0 saturated carbocycles. The first-order valence-electron chi connectivity index (χ1n) is 9.19. The van der Waals surface area contributed by atoms with Crippen molar-refractivity contribution in [2.24, 2.45) is 16.5 Å². The molecule has 3 aromatic rings. The van der Waals surface area contributed by atoms with E-state index in [-0.39, 0.29) is 18.2 Å². The molecule has 4 N–H and O–H groups in total. The van der Waals surface area contributed by atoms with Crippen molar-refractivity contribution in [3.63, 3.8) is 0 Å². The summed E-state index contributed by atoms with van der Waals surface area (Å²) in [6.07, 6.45) is 4.73.